The molecule has 0 aliphatic carbocycles. The van der Waals surface area contributed by atoms with Crippen LogP contribution in [0.2, 0.25) is 0 Å². The highest BCUT2D eigenvalue weighted by atomic mass is 35.5. The quantitative estimate of drug-likeness (QED) is 0.879. The van der Waals surface area contributed by atoms with Gasteiger partial charge in [0.15, 0.2) is 5.69 Å². The van der Waals surface area contributed by atoms with Crippen LogP contribution in [-0.4, -0.2) is 39.7 Å². The number of amides is 1. The highest BCUT2D eigenvalue weighted by Gasteiger charge is 2.30. The SMILES string of the molecule is Cl.NC1CCCN(C(=O)c2ccn(-c3cccc(C(F)(F)F)c3)n2)C1. The van der Waals surface area contributed by atoms with Gasteiger partial charge in [-0.1, -0.05) is 6.07 Å². The van der Waals surface area contributed by atoms with Crippen LogP contribution in [0.5, 0.6) is 0 Å². The second-order valence-corrected chi connectivity index (χ2v) is 5.85. The standard InChI is InChI=1S/C16H17F3N4O.ClH/c17-16(18,19)11-3-1-5-13(9-11)23-8-6-14(21-23)15(24)22-7-2-4-12(20)10-22;/h1,3,5-6,8-9,12H,2,4,7,10,20H2;1H. The van der Waals surface area contributed by atoms with E-state index in [-0.39, 0.29) is 35.7 Å². The van der Waals surface area contributed by atoms with Gasteiger partial charge in [-0.15, -0.1) is 12.4 Å². The van der Waals surface area contributed by atoms with E-state index in [1.807, 2.05) is 0 Å². The maximum Gasteiger partial charge on any atom is 0.416 e. The minimum Gasteiger partial charge on any atom is -0.336 e. The highest BCUT2D eigenvalue weighted by Crippen LogP contribution is 2.30. The average Bonchev–Trinajstić information content (AvgIpc) is 3.03. The minimum absolute atomic E-state index is 0. The van der Waals surface area contributed by atoms with E-state index in [9.17, 15) is 18.0 Å². The lowest BCUT2D eigenvalue weighted by Crippen LogP contribution is -2.45. The molecule has 136 valence electrons. The van der Waals surface area contributed by atoms with E-state index in [1.54, 1.807) is 4.90 Å². The first kappa shape index (κ1) is 19.3. The number of aromatic nitrogens is 2. The van der Waals surface area contributed by atoms with Crippen LogP contribution in [0.3, 0.4) is 0 Å². The van der Waals surface area contributed by atoms with Crippen molar-refractivity contribution in [2.75, 3.05) is 13.1 Å². The fourth-order valence-electron chi connectivity index (χ4n) is 2.76. The Kier molecular flexibility index (Phi) is 5.74. The zero-order valence-electron chi connectivity index (χ0n) is 13.2. The number of halogens is 4. The summed E-state index contributed by atoms with van der Waals surface area (Å²) >= 11 is 0. The lowest BCUT2D eigenvalue weighted by molar-refractivity contribution is -0.137. The average molecular weight is 375 g/mol. The van der Waals surface area contributed by atoms with Gasteiger partial charge in [0.2, 0.25) is 0 Å². The van der Waals surface area contributed by atoms with E-state index >= 15 is 0 Å². The molecule has 1 aromatic carbocycles. The van der Waals surface area contributed by atoms with Crippen molar-refractivity contribution in [3.8, 4) is 5.69 Å². The Labute approximate surface area is 149 Å². The van der Waals surface area contributed by atoms with Crippen LogP contribution in [0.4, 0.5) is 13.2 Å². The molecule has 0 bridgehead atoms. The number of carbonyl (C=O) groups is 1. The number of likely N-dealkylation sites (tertiary alicyclic amines) is 1. The van der Waals surface area contributed by atoms with Crippen molar-refractivity contribution < 1.29 is 18.0 Å². The molecule has 2 aromatic rings. The Morgan fingerprint density at radius 3 is 2.72 bits per heavy atom. The molecule has 0 radical (unpaired) electrons. The molecule has 1 aliphatic heterocycles. The maximum atomic E-state index is 12.8. The van der Waals surface area contributed by atoms with Crippen LogP contribution >= 0.6 is 12.4 Å². The summed E-state index contributed by atoms with van der Waals surface area (Å²) in [7, 11) is 0. The zero-order chi connectivity index (χ0) is 17.3. The second-order valence-electron chi connectivity index (χ2n) is 5.85. The van der Waals surface area contributed by atoms with Gasteiger partial charge in [0.05, 0.1) is 11.3 Å². The molecule has 0 spiro atoms. The molecule has 1 unspecified atom stereocenters. The van der Waals surface area contributed by atoms with Gasteiger partial charge in [0, 0.05) is 25.3 Å². The van der Waals surface area contributed by atoms with Crippen LogP contribution in [0.15, 0.2) is 36.5 Å². The molecule has 3 rings (SSSR count). The molecule has 25 heavy (non-hydrogen) atoms. The van der Waals surface area contributed by atoms with Gasteiger partial charge in [0.1, 0.15) is 0 Å². The van der Waals surface area contributed by atoms with Crippen molar-refractivity contribution in [1.82, 2.24) is 14.7 Å². The van der Waals surface area contributed by atoms with E-state index in [1.165, 1.54) is 29.1 Å². The lowest BCUT2D eigenvalue weighted by atomic mass is 10.1. The van der Waals surface area contributed by atoms with Gasteiger partial charge in [-0.05, 0) is 37.1 Å². The van der Waals surface area contributed by atoms with E-state index in [0.717, 1.165) is 25.0 Å². The predicted molar refractivity (Wildman–Crippen MR) is 88.9 cm³/mol. The summed E-state index contributed by atoms with van der Waals surface area (Å²) in [5.41, 5.74) is 5.55. The number of piperidine rings is 1. The highest BCUT2D eigenvalue weighted by molar-refractivity contribution is 5.92. The van der Waals surface area contributed by atoms with Crippen LogP contribution in [0.25, 0.3) is 5.69 Å². The molecular formula is C16H18ClF3N4O. The molecule has 5 nitrogen and oxygen atoms in total. The second kappa shape index (κ2) is 7.45. The molecule has 0 saturated carbocycles. The molecule has 1 atom stereocenters. The fourth-order valence-corrected chi connectivity index (χ4v) is 2.76. The predicted octanol–water partition coefficient (Wildman–Crippen LogP) is 2.88. The Morgan fingerprint density at radius 2 is 2.04 bits per heavy atom. The largest absolute Gasteiger partial charge is 0.416 e. The van der Waals surface area contributed by atoms with Crippen LogP contribution in [0.1, 0.15) is 28.9 Å². The van der Waals surface area contributed by atoms with Gasteiger partial charge in [-0.25, -0.2) is 4.68 Å². The number of hydrogen-bond acceptors (Lipinski definition) is 3. The van der Waals surface area contributed by atoms with Crippen molar-refractivity contribution >= 4 is 18.3 Å². The molecule has 1 fully saturated rings. The molecule has 2 N–H and O–H groups in total. The fraction of sp³-hybridized carbons (Fsp3) is 0.375. The summed E-state index contributed by atoms with van der Waals surface area (Å²) in [6.45, 7) is 1.08. The normalized spacial score (nSPS) is 17.9. The van der Waals surface area contributed by atoms with E-state index < -0.39 is 11.7 Å². The van der Waals surface area contributed by atoms with E-state index in [0.29, 0.717) is 13.1 Å². The lowest BCUT2D eigenvalue weighted by Gasteiger charge is -2.30. The number of carbonyl (C=O) groups excluding carboxylic acids is 1. The third kappa shape index (κ3) is 4.32. The molecule has 1 saturated heterocycles. The van der Waals surface area contributed by atoms with Gasteiger partial charge < -0.3 is 10.6 Å². The van der Waals surface area contributed by atoms with Gasteiger partial charge in [0.25, 0.3) is 5.91 Å². The minimum atomic E-state index is -4.42. The molecule has 1 amide bonds. The van der Waals surface area contributed by atoms with Gasteiger partial charge in [-0.3, -0.25) is 4.79 Å². The summed E-state index contributed by atoms with van der Waals surface area (Å²) in [6, 6.07) is 6.26. The summed E-state index contributed by atoms with van der Waals surface area (Å²) in [4.78, 5) is 14.1. The maximum absolute atomic E-state index is 12.8. The number of nitrogens with zero attached hydrogens (tertiary/aromatic N) is 3. The third-order valence-corrected chi connectivity index (χ3v) is 3.99. The first-order valence-corrected chi connectivity index (χ1v) is 7.63. The Balaban J connectivity index is 0.00000225. The van der Waals surface area contributed by atoms with Crippen molar-refractivity contribution in [2.24, 2.45) is 5.73 Å². The monoisotopic (exact) mass is 374 g/mol. The third-order valence-electron chi connectivity index (χ3n) is 3.99. The van der Waals surface area contributed by atoms with Gasteiger partial charge >= 0.3 is 6.18 Å². The number of nitrogens with two attached hydrogens (primary N) is 1. The van der Waals surface area contributed by atoms with Crippen molar-refractivity contribution in [2.45, 2.75) is 25.1 Å². The Hall–Kier alpha value is -2.06. The van der Waals surface area contributed by atoms with Crippen molar-refractivity contribution in [3.05, 3.63) is 47.8 Å². The van der Waals surface area contributed by atoms with E-state index in [4.69, 9.17) is 5.73 Å². The molecule has 1 aliphatic rings. The van der Waals surface area contributed by atoms with Crippen molar-refractivity contribution in [1.29, 1.82) is 0 Å². The first-order valence-electron chi connectivity index (χ1n) is 7.63. The topological polar surface area (TPSA) is 64.2 Å². The first-order chi connectivity index (χ1) is 11.3. The molecule has 2 heterocycles. The van der Waals surface area contributed by atoms with Crippen molar-refractivity contribution in [3.63, 3.8) is 0 Å². The summed E-state index contributed by atoms with van der Waals surface area (Å²) in [5, 5.41) is 4.12. The Morgan fingerprint density at radius 1 is 1.28 bits per heavy atom. The smallest absolute Gasteiger partial charge is 0.336 e. The van der Waals surface area contributed by atoms with Crippen LogP contribution in [0, 0.1) is 0 Å². The van der Waals surface area contributed by atoms with Gasteiger partial charge in [-0.2, -0.15) is 18.3 Å². The summed E-state index contributed by atoms with van der Waals surface area (Å²) in [6.07, 6.45) is -1.23. The number of alkyl halides is 3. The summed E-state index contributed by atoms with van der Waals surface area (Å²) < 4.78 is 39.7. The summed E-state index contributed by atoms with van der Waals surface area (Å²) in [5.74, 6) is -0.254. The van der Waals surface area contributed by atoms with E-state index in [2.05, 4.69) is 5.10 Å². The number of hydrogen-bond donors (Lipinski definition) is 1. The molecule has 9 heteroatoms. The molecular weight excluding hydrogens is 357 g/mol. The number of benzene rings is 1. The zero-order valence-corrected chi connectivity index (χ0v) is 14.1. The van der Waals surface area contributed by atoms with Crippen LogP contribution < -0.4 is 5.73 Å². The van der Waals surface area contributed by atoms with Crippen LogP contribution in [-0.2, 0) is 6.18 Å². The Bertz CT molecular complexity index is 747. The molecule has 1 aromatic heterocycles. The number of rotatable bonds is 2.